The van der Waals surface area contributed by atoms with Crippen LogP contribution in [0.4, 0.5) is 0 Å². The van der Waals surface area contributed by atoms with E-state index in [1.54, 1.807) is 11.8 Å². The molecule has 0 amide bonds. The molecule has 0 heterocycles. The molecule has 0 bridgehead atoms. The molecule has 0 aliphatic heterocycles. The molecule has 0 saturated heterocycles. The van der Waals surface area contributed by atoms with E-state index in [1.165, 1.54) is 0 Å². The normalized spacial score (nSPS) is 11.2. The van der Waals surface area contributed by atoms with Gasteiger partial charge in [0.2, 0.25) is 0 Å². The first kappa shape index (κ1) is 9.52. The van der Waals surface area contributed by atoms with E-state index in [4.69, 9.17) is 5.73 Å². The van der Waals surface area contributed by atoms with Crippen molar-refractivity contribution >= 4 is 16.8 Å². The number of hydrogen-bond acceptors (Lipinski definition) is 4. The number of nitrogens with zero attached hydrogens (tertiary/aromatic N) is 1. The first-order chi connectivity index (χ1) is 4.81. The second kappa shape index (κ2) is 6.64. The van der Waals surface area contributed by atoms with E-state index >= 15 is 0 Å². The molecule has 0 radical (unpaired) electrons. The van der Waals surface area contributed by atoms with Gasteiger partial charge in [0.1, 0.15) is 5.04 Å². The second-order valence-electron chi connectivity index (χ2n) is 1.51. The third kappa shape index (κ3) is 5.65. The van der Waals surface area contributed by atoms with E-state index < -0.39 is 0 Å². The molecule has 0 saturated carbocycles. The average Bonchev–Trinajstić information content (AvgIpc) is 1.97. The van der Waals surface area contributed by atoms with Crippen molar-refractivity contribution in [2.24, 2.45) is 10.9 Å². The lowest BCUT2D eigenvalue weighted by atomic mass is 10.8. The second-order valence-corrected chi connectivity index (χ2v) is 2.72. The molecule has 0 unspecified atom stereocenters. The van der Waals surface area contributed by atoms with Crippen LogP contribution in [0.25, 0.3) is 0 Å². The number of nitrogens with two attached hydrogens (primary N) is 1. The van der Waals surface area contributed by atoms with Gasteiger partial charge in [0.15, 0.2) is 6.73 Å². The summed E-state index contributed by atoms with van der Waals surface area (Å²) >= 11 is 1.57. The van der Waals surface area contributed by atoms with E-state index in [0.29, 0.717) is 0 Å². The fourth-order valence-corrected chi connectivity index (χ4v) is 0.799. The third-order valence-corrected chi connectivity index (χ3v) is 1.57. The van der Waals surface area contributed by atoms with Crippen molar-refractivity contribution in [2.75, 3.05) is 12.5 Å². The van der Waals surface area contributed by atoms with Gasteiger partial charge in [0.05, 0.1) is 0 Å². The fraction of sp³-hybridized carbons (Fsp3) is 0.500. The van der Waals surface area contributed by atoms with Crippen LogP contribution in [0.2, 0.25) is 0 Å². The summed E-state index contributed by atoms with van der Waals surface area (Å²) in [5.74, 6) is 0.850. The van der Waals surface area contributed by atoms with Crippen LogP contribution in [0.5, 0.6) is 0 Å². The summed E-state index contributed by atoms with van der Waals surface area (Å²) in [5.41, 5.74) is 5.05. The molecule has 0 aliphatic rings. The molecule has 4 heteroatoms. The Balaban J connectivity index is 3.38. The summed E-state index contributed by atoms with van der Waals surface area (Å²) in [5, 5.41) is 4.55. The monoisotopic (exact) mass is 160 g/mol. The van der Waals surface area contributed by atoms with Crippen LogP contribution in [-0.2, 0) is 4.84 Å². The molecule has 2 N–H and O–H groups in total. The minimum Gasteiger partial charge on any atom is -0.379 e. The third-order valence-electron chi connectivity index (χ3n) is 0.678. The van der Waals surface area contributed by atoms with Crippen LogP contribution in [0.3, 0.4) is 0 Å². The van der Waals surface area contributed by atoms with Crippen LogP contribution >= 0.6 is 11.8 Å². The molecule has 3 nitrogen and oxygen atoms in total. The lowest BCUT2D eigenvalue weighted by molar-refractivity contribution is 0.152. The molecule has 10 heavy (non-hydrogen) atoms. The molecule has 0 aromatic heterocycles. The Labute approximate surface area is 65.3 Å². The minimum absolute atomic E-state index is 0.131. The summed E-state index contributed by atoms with van der Waals surface area (Å²) in [6.45, 7) is 5.57. The van der Waals surface area contributed by atoms with Crippen molar-refractivity contribution in [3.63, 3.8) is 0 Å². The van der Waals surface area contributed by atoms with Gasteiger partial charge in [0, 0.05) is 5.75 Å². The van der Waals surface area contributed by atoms with Gasteiger partial charge in [-0.25, -0.2) is 0 Å². The fourth-order valence-electron chi connectivity index (χ4n) is 0.334. The van der Waals surface area contributed by atoms with E-state index in [0.717, 1.165) is 10.8 Å². The molecular weight excluding hydrogens is 148 g/mol. The maximum Gasteiger partial charge on any atom is 0.166 e. The number of hydrogen-bond donors (Lipinski definition) is 1. The van der Waals surface area contributed by atoms with Crippen molar-refractivity contribution in [3.05, 3.63) is 12.7 Å². The molecule has 58 valence electrons. The summed E-state index contributed by atoms with van der Waals surface area (Å²) in [6.07, 6.45) is 1.81. The Morgan fingerprint density at radius 2 is 2.60 bits per heavy atom. The smallest absolute Gasteiger partial charge is 0.166 e. The van der Waals surface area contributed by atoms with Gasteiger partial charge in [-0.1, -0.05) is 11.2 Å². The zero-order valence-corrected chi connectivity index (χ0v) is 6.86. The zero-order chi connectivity index (χ0) is 7.82. The molecule has 0 spiro atoms. The number of thioether (sulfide) groups is 1. The predicted octanol–water partition coefficient (Wildman–Crippen LogP) is 1.17. The van der Waals surface area contributed by atoms with Gasteiger partial charge in [-0.15, -0.1) is 18.3 Å². The highest BCUT2D eigenvalue weighted by Crippen LogP contribution is 2.02. The SMILES string of the molecule is C=CCS/C(C)=N/OCN. The quantitative estimate of drug-likeness (QED) is 0.221. The van der Waals surface area contributed by atoms with Gasteiger partial charge in [0.25, 0.3) is 0 Å². The van der Waals surface area contributed by atoms with Crippen LogP contribution in [0.1, 0.15) is 6.92 Å². The lowest BCUT2D eigenvalue weighted by Gasteiger charge is -1.95. The Kier molecular flexibility index (Phi) is 6.32. The van der Waals surface area contributed by atoms with Crippen molar-refractivity contribution < 1.29 is 4.84 Å². The van der Waals surface area contributed by atoms with Crippen molar-refractivity contribution in [2.45, 2.75) is 6.92 Å². The molecule has 0 aromatic carbocycles. The van der Waals surface area contributed by atoms with Crippen molar-refractivity contribution in [3.8, 4) is 0 Å². The van der Waals surface area contributed by atoms with Crippen molar-refractivity contribution in [1.29, 1.82) is 0 Å². The van der Waals surface area contributed by atoms with E-state index in [9.17, 15) is 0 Å². The van der Waals surface area contributed by atoms with Crippen LogP contribution in [0.15, 0.2) is 17.8 Å². The van der Waals surface area contributed by atoms with Gasteiger partial charge < -0.3 is 4.84 Å². The van der Waals surface area contributed by atoms with Crippen LogP contribution in [0, 0.1) is 0 Å². The maximum absolute atomic E-state index is 5.05. The van der Waals surface area contributed by atoms with Crippen LogP contribution in [-0.4, -0.2) is 17.5 Å². The first-order valence-corrected chi connectivity index (χ1v) is 3.90. The Morgan fingerprint density at radius 3 is 3.10 bits per heavy atom. The Morgan fingerprint density at radius 1 is 1.90 bits per heavy atom. The average molecular weight is 160 g/mol. The summed E-state index contributed by atoms with van der Waals surface area (Å²) < 4.78 is 0. The maximum atomic E-state index is 5.05. The molecule has 0 aliphatic carbocycles. The first-order valence-electron chi connectivity index (χ1n) is 2.91. The van der Waals surface area contributed by atoms with Gasteiger partial charge in [-0.2, -0.15) is 0 Å². The zero-order valence-electron chi connectivity index (χ0n) is 6.04. The largest absolute Gasteiger partial charge is 0.379 e. The molecular formula is C6H12N2OS. The highest BCUT2D eigenvalue weighted by molar-refractivity contribution is 8.13. The summed E-state index contributed by atoms with van der Waals surface area (Å²) in [6, 6.07) is 0. The van der Waals surface area contributed by atoms with Gasteiger partial charge in [-0.05, 0) is 6.92 Å². The van der Waals surface area contributed by atoms with E-state index in [2.05, 4.69) is 16.6 Å². The standard InChI is InChI=1S/C6H12N2OS/c1-3-4-10-6(2)8-9-5-7/h3H,1,4-5,7H2,2H3/b8-6+. The topological polar surface area (TPSA) is 47.6 Å². The Hall–Kier alpha value is -0.480. The number of oxime groups is 1. The Bertz CT molecular complexity index is 125. The molecule has 0 aromatic rings. The van der Waals surface area contributed by atoms with Crippen LogP contribution < -0.4 is 5.73 Å². The number of rotatable bonds is 4. The predicted molar refractivity (Wildman–Crippen MR) is 45.9 cm³/mol. The summed E-state index contributed by atoms with van der Waals surface area (Å²) in [4.78, 5) is 4.60. The minimum atomic E-state index is 0.131. The van der Waals surface area contributed by atoms with Gasteiger partial charge in [-0.3, -0.25) is 5.73 Å². The highest BCUT2D eigenvalue weighted by atomic mass is 32.2. The summed E-state index contributed by atoms with van der Waals surface area (Å²) in [7, 11) is 0. The molecule has 0 fully saturated rings. The van der Waals surface area contributed by atoms with E-state index in [-0.39, 0.29) is 6.73 Å². The highest BCUT2D eigenvalue weighted by Gasteiger charge is 1.88. The molecule has 0 rings (SSSR count). The van der Waals surface area contributed by atoms with Gasteiger partial charge >= 0.3 is 0 Å². The lowest BCUT2D eigenvalue weighted by Crippen LogP contribution is -2.00. The van der Waals surface area contributed by atoms with E-state index in [1.807, 2.05) is 13.0 Å². The molecule has 0 atom stereocenters. The van der Waals surface area contributed by atoms with Crippen molar-refractivity contribution in [1.82, 2.24) is 0 Å².